The molecule has 2 aromatic rings. The molecule has 156 valence electrons. The minimum absolute atomic E-state index is 0.000759. The molecule has 2 aromatic carbocycles. The Balaban J connectivity index is 2.00. The Morgan fingerprint density at radius 3 is 2.24 bits per heavy atom. The van der Waals surface area contributed by atoms with Crippen molar-refractivity contribution in [1.82, 2.24) is 0 Å². The second kappa shape index (κ2) is 9.45. The van der Waals surface area contributed by atoms with Crippen molar-refractivity contribution in [3.05, 3.63) is 59.7 Å². The largest absolute Gasteiger partial charge is 0.573 e. The number of alkyl halides is 3. The number of benzene rings is 2. The Hall–Kier alpha value is -3.03. The van der Waals surface area contributed by atoms with Crippen molar-refractivity contribution in [3.63, 3.8) is 0 Å². The Bertz CT molecular complexity index is 850. The van der Waals surface area contributed by atoms with Gasteiger partial charge in [-0.2, -0.15) is 0 Å². The lowest BCUT2D eigenvalue weighted by atomic mass is 9.97. The molecule has 5 nitrogen and oxygen atoms in total. The van der Waals surface area contributed by atoms with Gasteiger partial charge in [0.15, 0.2) is 6.10 Å². The van der Waals surface area contributed by atoms with Crippen LogP contribution in [0.3, 0.4) is 0 Å². The highest BCUT2D eigenvalue weighted by molar-refractivity contribution is 5.97. The summed E-state index contributed by atoms with van der Waals surface area (Å²) >= 11 is 0. The molecule has 0 bridgehead atoms. The third kappa shape index (κ3) is 6.51. The Morgan fingerprint density at radius 2 is 1.66 bits per heavy atom. The van der Waals surface area contributed by atoms with E-state index in [0.29, 0.717) is 5.69 Å². The maximum absolute atomic E-state index is 12.4. The minimum Gasteiger partial charge on any atom is -0.449 e. The van der Waals surface area contributed by atoms with Crippen LogP contribution in [0.15, 0.2) is 48.5 Å². The Morgan fingerprint density at radius 1 is 1.03 bits per heavy atom. The van der Waals surface area contributed by atoms with Crippen LogP contribution in [-0.2, 0) is 9.53 Å². The second-order valence-corrected chi connectivity index (χ2v) is 6.51. The predicted molar refractivity (Wildman–Crippen MR) is 102 cm³/mol. The molecule has 0 unspecified atom stereocenters. The van der Waals surface area contributed by atoms with E-state index in [1.54, 1.807) is 12.1 Å². The van der Waals surface area contributed by atoms with Crippen molar-refractivity contribution in [3.8, 4) is 5.75 Å². The highest BCUT2D eigenvalue weighted by Crippen LogP contribution is 2.27. The van der Waals surface area contributed by atoms with Gasteiger partial charge in [0.2, 0.25) is 0 Å². The first-order chi connectivity index (χ1) is 13.6. The summed E-state index contributed by atoms with van der Waals surface area (Å²) in [7, 11) is 0. The van der Waals surface area contributed by atoms with Crippen LogP contribution in [0.25, 0.3) is 0 Å². The number of hydrogen-bond acceptors (Lipinski definition) is 4. The molecule has 1 N–H and O–H groups in total. The average Bonchev–Trinajstić information content (AvgIpc) is 2.67. The van der Waals surface area contributed by atoms with Crippen molar-refractivity contribution in [2.24, 2.45) is 0 Å². The topological polar surface area (TPSA) is 64.6 Å². The monoisotopic (exact) mass is 409 g/mol. The molecule has 0 saturated heterocycles. The molecule has 0 radical (unpaired) electrons. The maximum atomic E-state index is 12.4. The van der Waals surface area contributed by atoms with Gasteiger partial charge < -0.3 is 14.8 Å². The molecule has 2 rings (SSSR count). The number of para-hydroxylation sites is 1. The summed E-state index contributed by atoms with van der Waals surface area (Å²) in [5.74, 6) is -1.56. The lowest BCUT2D eigenvalue weighted by Crippen LogP contribution is -2.30. The summed E-state index contributed by atoms with van der Waals surface area (Å²) < 4.78 is 45.4. The van der Waals surface area contributed by atoms with Crippen molar-refractivity contribution in [2.45, 2.75) is 45.6 Å². The molecular weight excluding hydrogens is 387 g/mol. The first kappa shape index (κ1) is 22.3. The molecule has 2 atom stereocenters. The molecule has 0 aliphatic rings. The molecule has 0 aliphatic carbocycles. The summed E-state index contributed by atoms with van der Waals surface area (Å²) in [6.45, 7) is 5.50. The van der Waals surface area contributed by atoms with Crippen molar-refractivity contribution in [1.29, 1.82) is 0 Å². The SMILES string of the molecule is CC[C@H](C)c1ccccc1NC(=O)[C@H](C)OC(=O)c1ccc(OC(F)(F)F)cc1. The summed E-state index contributed by atoms with van der Waals surface area (Å²) in [6, 6.07) is 11.6. The van der Waals surface area contributed by atoms with E-state index >= 15 is 0 Å². The molecular formula is C21H22F3NO4. The zero-order valence-corrected chi connectivity index (χ0v) is 16.2. The van der Waals surface area contributed by atoms with Crippen LogP contribution in [0.1, 0.15) is 49.0 Å². The number of esters is 1. The van der Waals surface area contributed by atoms with Crippen LogP contribution < -0.4 is 10.1 Å². The number of halogens is 3. The van der Waals surface area contributed by atoms with Crippen LogP contribution in [0.4, 0.5) is 18.9 Å². The molecule has 1 amide bonds. The van der Waals surface area contributed by atoms with Crippen LogP contribution >= 0.6 is 0 Å². The van der Waals surface area contributed by atoms with Crippen LogP contribution in [-0.4, -0.2) is 24.3 Å². The normalized spacial score (nSPS) is 13.3. The number of nitrogens with one attached hydrogen (secondary N) is 1. The highest BCUT2D eigenvalue weighted by atomic mass is 19.4. The fraction of sp³-hybridized carbons (Fsp3) is 0.333. The number of anilines is 1. The summed E-state index contributed by atoms with van der Waals surface area (Å²) in [5.41, 5.74) is 1.62. The lowest BCUT2D eigenvalue weighted by Gasteiger charge is -2.18. The standard InChI is InChI=1S/C21H22F3NO4/c1-4-13(2)17-7-5-6-8-18(17)25-19(26)14(3)28-20(27)15-9-11-16(12-10-15)29-21(22,23)24/h5-14H,4H2,1-3H3,(H,25,26)/t13-,14-/m0/s1. The van der Waals surface area contributed by atoms with Crippen molar-refractivity contribution < 1.29 is 32.2 Å². The quantitative estimate of drug-likeness (QED) is 0.632. The first-order valence-corrected chi connectivity index (χ1v) is 9.07. The summed E-state index contributed by atoms with van der Waals surface area (Å²) in [6.07, 6.45) is -5.02. The lowest BCUT2D eigenvalue weighted by molar-refractivity contribution is -0.274. The van der Waals surface area contributed by atoms with Gasteiger partial charge in [-0.25, -0.2) is 4.79 Å². The van der Waals surface area contributed by atoms with Gasteiger partial charge in [-0.05, 0) is 55.2 Å². The van der Waals surface area contributed by atoms with Gasteiger partial charge in [0, 0.05) is 5.69 Å². The Kier molecular flexibility index (Phi) is 7.25. The molecule has 0 fully saturated rings. The fourth-order valence-corrected chi connectivity index (χ4v) is 2.57. The number of hydrogen-bond donors (Lipinski definition) is 1. The van der Waals surface area contributed by atoms with Gasteiger partial charge in [-0.15, -0.1) is 13.2 Å². The first-order valence-electron chi connectivity index (χ1n) is 9.07. The molecule has 0 aromatic heterocycles. The third-order valence-electron chi connectivity index (χ3n) is 4.34. The van der Waals surface area contributed by atoms with E-state index in [1.807, 2.05) is 26.0 Å². The van der Waals surface area contributed by atoms with E-state index in [0.717, 1.165) is 36.2 Å². The number of ether oxygens (including phenoxy) is 2. The maximum Gasteiger partial charge on any atom is 0.573 e. The molecule has 8 heteroatoms. The zero-order valence-electron chi connectivity index (χ0n) is 16.2. The fourth-order valence-electron chi connectivity index (χ4n) is 2.57. The van der Waals surface area contributed by atoms with E-state index in [-0.39, 0.29) is 11.5 Å². The average molecular weight is 409 g/mol. The minimum atomic E-state index is -4.82. The van der Waals surface area contributed by atoms with Gasteiger partial charge >= 0.3 is 12.3 Å². The van der Waals surface area contributed by atoms with Gasteiger partial charge in [0.05, 0.1) is 5.56 Å². The molecule has 0 saturated carbocycles. The number of carbonyl (C=O) groups is 2. The Labute approximate surface area is 166 Å². The molecule has 0 heterocycles. The van der Waals surface area contributed by atoms with Gasteiger partial charge in [-0.1, -0.05) is 32.0 Å². The van der Waals surface area contributed by atoms with Crippen LogP contribution in [0.2, 0.25) is 0 Å². The highest BCUT2D eigenvalue weighted by Gasteiger charge is 2.31. The number of amides is 1. The van der Waals surface area contributed by atoms with E-state index in [2.05, 4.69) is 10.1 Å². The smallest absolute Gasteiger partial charge is 0.449 e. The van der Waals surface area contributed by atoms with Crippen molar-refractivity contribution in [2.75, 3.05) is 5.32 Å². The second-order valence-electron chi connectivity index (χ2n) is 6.51. The van der Waals surface area contributed by atoms with Gasteiger partial charge in [-0.3, -0.25) is 4.79 Å². The van der Waals surface area contributed by atoms with Gasteiger partial charge in [0.1, 0.15) is 5.75 Å². The third-order valence-corrected chi connectivity index (χ3v) is 4.34. The summed E-state index contributed by atoms with van der Waals surface area (Å²) in [5, 5.41) is 2.76. The molecule has 0 aliphatic heterocycles. The van der Waals surface area contributed by atoms with E-state index in [9.17, 15) is 22.8 Å². The zero-order chi connectivity index (χ0) is 21.6. The number of rotatable bonds is 7. The van der Waals surface area contributed by atoms with E-state index in [4.69, 9.17) is 4.74 Å². The van der Waals surface area contributed by atoms with Crippen LogP contribution in [0.5, 0.6) is 5.75 Å². The van der Waals surface area contributed by atoms with Crippen LogP contribution in [0, 0.1) is 0 Å². The van der Waals surface area contributed by atoms with Crippen molar-refractivity contribution >= 4 is 17.6 Å². The summed E-state index contributed by atoms with van der Waals surface area (Å²) in [4.78, 5) is 24.6. The van der Waals surface area contributed by atoms with E-state index in [1.165, 1.54) is 6.92 Å². The van der Waals surface area contributed by atoms with E-state index < -0.39 is 30.1 Å². The molecule has 0 spiro atoms. The number of carbonyl (C=O) groups excluding carboxylic acids is 2. The predicted octanol–water partition coefficient (Wildman–Crippen LogP) is 5.28. The molecule has 29 heavy (non-hydrogen) atoms. The van der Waals surface area contributed by atoms with Gasteiger partial charge in [0.25, 0.3) is 5.91 Å².